The quantitative estimate of drug-likeness (QED) is 0.790. The van der Waals surface area contributed by atoms with Gasteiger partial charge in [-0.1, -0.05) is 0 Å². The van der Waals surface area contributed by atoms with E-state index in [2.05, 4.69) is 9.80 Å². The average molecular weight is 380 g/mol. The maximum atomic E-state index is 12.9. The summed E-state index contributed by atoms with van der Waals surface area (Å²) in [7, 11) is 0. The highest BCUT2D eigenvalue weighted by molar-refractivity contribution is 5.85. The summed E-state index contributed by atoms with van der Waals surface area (Å²) >= 11 is 0. The Morgan fingerprint density at radius 2 is 1.54 bits per heavy atom. The van der Waals surface area contributed by atoms with Crippen LogP contribution in [0.1, 0.15) is 32.1 Å². The van der Waals surface area contributed by atoms with Gasteiger partial charge >= 0.3 is 0 Å². The lowest BCUT2D eigenvalue weighted by Gasteiger charge is -2.42. The van der Waals surface area contributed by atoms with E-state index in [0.717, 1.165) is 52.2 Å². The molecule has 2 aliphatic heterocycles. The second kappa shape index (κ2) is 8.54. The Kier molecular flexibility index (Phi) is 7.21. The van der Waals surface area contributed by atoms with E-state index in [1.54, 1.807) is 0 Å². The van der Waals surface area contributed by atoms with Crippen LogP contribution in [0.15, 0.2) is 0 Å². The standard InChI is InChI=1S/C17H29N3O2.2ClH/c18-16-13-2-1-12(11-13)15(16)17(21)20-7-5-19(6-8-20)14-3-9-22-10-4-14;;/h12-16H,1-11,18H2;2*1H. The minimum atomic E-state index is 0. The van der Waals surface area contributed by atoms with Crippen molar-refractivity contribution >= 4 is 30.7 Å². The Bertz CT molecular complexity index is 424. The molecule has 4 fully saturated rings. The second-order valence-corrected chi connectivity index (χ2v) is 7.64. The number of halogens is 2. The van der Waals surface area contributed by atoms with Crippen LogP contribution in [-0.2, 0) is 9.53 Å². The van der Waals surface area contributed by atoms with Crippen molar-refractivity contribution in [2.45, 2.75) is 44.2 Å². The average Bonchev–Trinajstić information content (AvgIpc) is 3.16. The molecule has 140 valence electrons. The van der Waals surface area contributed by atoms with Gasteiger partial charge in [0.05, 0.1) is 5.92 Å². The molecule has 0 aromatic rings. The van der Waals surface area contributed by atoms with Gasteiger partial charge in [-0.15, -0.1) is 24.8 Å². The predicted molar refractivity (Wildman–Crippen MR) is 98.8 cm³/mol. The van der Waals surface area contributed by atoms with Crippen molar-refractivity contribution < 1.29 is 9.53 Å². The summed E-state index contributed by atoms with van der Waals surface area (Å²) in [6.45, 7) is 5.60. The highest BCUT2D eigenvalue weighted by atomic mass is 35.5. The number of amides is 1. The number of hydrogen-bond acceptors (Lipinski definition) is 4. The first kappa shape index (κ1) is 20.2. The fourth-order valence-corrected chi connectivity index (χ4v) is 5.27. The lowest BCUT2D eigenvalue weighted by Crippen LogP contribution is -2.56. The van der Waals surface area contributed by atoms with Crippen LogP contribution in [0.5, 0.6) is 0 Å². The van der Waals surface area contributed by atoms with Gasteiger partial charge in [0.1, 0.15) is 0 Å². The second-order valence-electron chi connectivity index (χ2n) is 7.64. The molecule has 0 aromatic heterocycles. The van der Waals surface area contributed by atoms with E-state index in [4.69, 9.17) is 10.5 Å². The Balaban J connectivity index is 0.00000104. The van der Waals surface area contributed by atoms with Crippen LogP contribution in [0.3, 0.4) is 0 Å². The minimum absolute atomic E-state index is 0. The van der Waals surface area contributed by atoms with E-state index in [1.807, 2.05) is 0 Å². The fourth-order valence-electron chi connectivity index (χ4n) is 5.27. The molecule has 1 amide bonds. The third-order valence-electron chi connectivity index (χ3n) is 6.60. The molecule has 24 heavy (non-hydrogen) atoms. The van der Waals surface area contributed by atoms with Crippen LogP contribution >= 0.6 is 24.8 Å². The van der Waals surface area contributed by atoms with Gasteiger partial charge < -0.3 is 15.4 Å². The minimum Gasteiger partial charge on any atom is -0.381 e. The van der Waals surface area contributed by atoms with E-state index in [9.17, 15) is 4.79 Å². The molecule has 5 nitrogen and oxygen atoms in total. The molecule has 2 saturated carbocycles. The van der Waals surface area contributed by atoms with Crippen molar-refractivity contribution in [2.75, 3.05) is 39.4 Å². The van der Waals surface area contributed by atoms with Crippen molar-refractivity contribution in [2.24, 2.45) is 23.5 Å². The number of carbonyl (C=O) groups excluding carboxylic acids is 1. The third kappa shape index (κ3) is 3.70. The molecule has 0 spiro atoms. The zero-order chi connectivity index (χ0) is 15.1. The van der Waals surface area contributed by atoms with E-state index in [0.29, 0.717) is 23.8 Å². The van der Waals surface area contributed by atoms with Gasteiger partial charge in [0.15, 0.2) is 0 Å². The molecular formula is C17H31Cl2N3O2. The predicted octanol–water partition coefficient (Wildman–Crippen LogP) is 1.53. The van der Waals surface area contributed by atoms with Crippen molar-refractivity contribution in [3.8, 4) is 0 Å². The summed E-state index contributed by atoms with van der Waals surface area (Å²) in [5.74, 6) is 1.66. The van der Waals surface area contributed by atoms with Crippen LogP contribution in [-0.4, -0.2) is 67.2 Å². The lowest BCUT2D eigenvalue weighted by atomic mass is 9.84. The van der Waals surface area contributed by atoms with Crippen LogP contribution < -0.4 is 5.73 Å². The highest BCUT2D eigenvalue weighted by Crippen LogP contribution is 2.48. The first-order valence-electron chi connectivity index (χ1n) is 9.10. The largest absolute Gasteiger partial charge is 0.381 e. The van der Waals surface area contributed by atoms with Crippen molar-refractivity contribution in [3.63, 3.8) is 0 Å². The van der Waals surface area contributed by atoms with Crippen LogP contribution in [0.2, 0.25) is 0 Å². The summed E-state index contributed by atoms with van der Waals surface area (Å²) in [4.78, 5) is 17.6. The van der Waals surface area contributed by atoms with Crippen LogP contribution in [0.4, 0.5) is 0 Å². The molecule has 4 atom stereocenters. The van der Waals surface area contributed by atoms with Gasteiger partial charge in [0, 0.05) is 51.5 Å². The summed E-state index contributed by atoms with van der Waals surface area (Å²) < 4.78 is 5.45. The first-order valence-corrected chi connectivity index (χ1v) is 9.10. The number of hydrogen-bond donors (Lipinski definition) is 1. The Morgan fingerprint density at radius 3 is 2.12 bits per heavy atom. The third-order valence-corrected chi connectivity index (χ3v) is 6.60. The Labute approximate surface area is 157 Å². The summed E-state index contributed by atoms with van der Waals surface area (Å²) in [6.07, 6.45) is 5.94. The number of rotatable bonds is 2. The number of piperazine rings is 1. The van der Waals surface area contributed by atoms with Gasteiger partial charge in [0.2, 0.25) is 5.91 Å². The van der Waals surface area contributed by atoms with Crippen molar-refractivity contribution in [1.82, 2.24) is 9.80 Å². The number of nitrogens with two attached hydrogens (primary N) is 1. The lowest BCUT2D eigenvalue weighted by molar-refractivity contribution is -0.140. The van der Waals surface area contributed by atoms with Crippen LogP contribution in [0.25, 0.3) is 0 Å². The Hall–Kier alpha value is -0.0700. The highest BCUT2D eigenvalue weighted by Gasteiger charge is 2.50. The van der Waals surface area contributed by atoms with Crippen molar-refractivity contribution in [3.05, 3.63) is 0 Å². The molecule has 2 saturated heterocycles. The van der Waals surface area contributed by atoms with Gasteiger partial charge in [-0.05, 0) is 43.9 Å². The molecule has 4 aliphatic rings. The molecule has 2 N–H and O–H groups in total. The number of fused-ring (bicyclic) bond motifs is 2. The SMILES string of the molecule is Cl.Cl.NC1C2CCC(C2)C1C(=O)N1CCN(C2CCOCC2)CC1. The Morgan fingerprint density at radius 1 is 0.917 bits per heavy atom. The van der Waals surface area contributed by atoms with Gasteiger partial charge in [-0.3, -0.25) is 9.69 Å². The summed E-state index contributed by atoms with van der Waals surface area (Å²) in [5, 5.41) is 0. The van der Waals surface area contributed by atoms with E-state index < -0.39 is 0 Å². The first-order chi connectivity index (χ1) is 10.7. The van der Waals surface area contributed by atoms with Crippen molar-refractivity contribution in [1.29, 1.82) is 0 Å². The van der Waals surface area contributed by atoms with Gasteiger partial charge in [-0.2, -0.15) is 0 Å². The van der Waals surface area contributed by atoms with Gasteiger partial charge in [-0.25, -0.2) is 0 Å². The monoisotopic (exact) mass is 379 g/mol. The molecule has 2 bridgehead atoms. The van der Waals surface area contributed by atoms with Gasteiger partial charge in [0.25, 0.3) is 0 Å². The number of nitrogens with zero attached hydrogens (tertiary/aromatic N) is 2. The smallest absolute Gasteiger partial charge is 0.227 e. The molecule has 0 radical (unpaired) electrons. The normalized spacial score (nSPS) is 37.0. The molecule has 4 unspecified atom stereocenters. The van der Waals surface area contributed by atoms with E-state index in [-0.39, 0.29) is 36.8 Å². The molecule has 7 heteroatoms. The zero-order valence-electron chi connectivity index (χ0n) is 14.3. The van der Waals surface area contributed by atoms with E-state index in [1.165, 1.54) is 19.3 Å². The molecule has 2 aliphatic carbocycles. The number of carbonyl (C=O) groups is 1. The molecular weight excluding hydrogens is 349 g/mol. The maximum absolute atomic E-state index is 12.9. The molecule has 2 heterocycles. The van der Waals surface area contributed by atoms with E-state index >= 15 is 0 Å². The molecule has 4 rings (SSSR count). The zero-order valence-corrected chi connectivity index (χ0v) is 15.9. The van der Waals surface area contributed by atoms with Crippen LogP contribution in [0, 0.1) is 17.8 Å². The topological polar surface area (TPSA) is 58.8 Å². The molecule has 0 aromatic carbocycles. The summed E-state index contributed by atoms with van der Waals surface area (Å²) in [6, 6.07) is 0.788. The fraction of sp³-hybridized carbons (Fsp3) is 0.941. The number of ether oxygens (including phenoxy) is 1. The summed E-state index contributed by atoms with van der Waals surface area (Å²) in [5.41, 5.74) is 6.34. The maximum Gasteiger partial charge on any atom is 0.227 e.